The second-order valence-electron chi connectivity index (χ2n) is 10.4. The Morgan fingerprint density at radius 1 is 0.886 bits per heavy atom. The molecule has 2 rings (SSSR count). The number of phenolic OH excluding ortho intramolecular Hbond substituents is 1. The van der Waals surface area contributed by atoms with Gasteiger partial charge in [-0.3, -0.25) is 0 Å². The highest BCUT2D eigenvalue weighted by molar-refractivity contribution is 6.76. The minimum absolute atomic E-state index is 0.0806. The summed E-state index contributed by atoms with van der Waals surface area (Å²) in [5, 5.41) is 31.0. The third kappa shape index (κ3) is 10.8. The summed E-state index contributed by atoms with van der Waals surface area (Å²) in [6, 6.07) is 15.7. The van der Waals surface area contributed by atoms with Crippen molar-refractivity contribution in [1.29, 1.82) is 0 Å². The van der Waals surface area contributed by atoms with Crippen LogP contribution in [0.2, 0.25) is 25.7 Å². The fourth-order valence-electron chi connectivity index (χ4n) is 3.54. The molecule has 35 heavy (non-hydrogen) atoms. The molecule has 0 aromatic heterocycles. The first-order valence-corrected chi connectivity index (χ1v) is 15.8. The first kappa shape index (κ1) is 28.8. The number of ether oxygens (including phenoxy) is 1. The van der Waals surface area contributed by atoms with Crippen LogP contribution >= 0.6 is 0 Å². The molecule has 0 aliphatic rings. The first-order chi connectivity index (χ1) is 16.4. The van der Waals surface area contributed by atoms with Gasteiger partial charge in [0.05, 0.1) is 31.9 Å². The predicted octanol–water partition coefficient (Wildman–Crippen LogP) is 2.33. The molecule has 0 aliphatic carbocycles. The van der Waals surface area contributed by atoms with Crippen molar-refractivity contribution in [1.82, 2.24) is 4.90 Å². The minimum Gasteiger partial charge on any atom is -0.508 e. The van der Waals surface area contributed by atoms with Crippen molar-refractivity contribution in [2.24, 2.45) is 11.5 Å². The topological polar surface area (TPSA) is 142 Å². The van der Waals surface area contributed by atoms with Crippen molar-refractivity contribution in [3.8, 4) is 5.75 Å². The number of benzene rings is 2. The van der Waals surface area contributed by atoms with Gasteiger partial charge in [-0.1, -0.05) is 62.1 Å². The van der Waals surface area contributed by atoms with Crippen LogP contribution in [-0.2, 0) is 17.6 Å². The number of amides is 1. The Hall–Kier alpha value is -2.43. The summed E-state index contributed by atoms with van der Waals surface area (Å²) in [4.78, 5) is 14.2. The SMILES string of the molecule is C[Si](C)(C)CCOC(=O)N(C[C@@H](O)[C@@H](N)Cc1ccccc1)C[C@@H](O)[C@@H](N)Cc1ccc(O)cc1. The van der Waals surface area contributed by atoms with Crippen LogP contribution in [0.3, 0.4) is 0 Å². The van der Waals surface area contributed by atoms with Gasteiger partial charge in [-0.2, -0.15) is 0 Å². The summed E-state index contributed by atoms with van der Waals surface area (Å²) in [6.45, 7) is 6.68. The van der Waals surface area contributed by atoms with Crippen molar-refractivity contribution in [3.05, 3.63) is 65.7 Å². The zero-order valence-electron chi connectivity index (χ0n) is 21.0. The van der Waals surface area contributed by atoms with Gasteiger partial charge in [-0.25, -0.2) is 4.79 Å². The number of carbonyl (C=O) groups is 1. The first-order valence-electron chi connectivity index (χ1n) is 12.1. The van der Waals surface area contributed by atoms with Crippen molar-refractivity contribution < 1.29 is 24.9 Å². The van der Waals surface area contributed by atoms with Gasteiger partial charge in [0.1, 0.15) is 5.75 Å². The average Bonchev–Trinajstić information content (AvgIpc) is 2.79. The number of nitrogens with zero attached hydrogens (tertiary/aromatic N) is 1. The number of aliphatic hydroxyl groups excluding tert-OH is 2. The maximum atomic E-state index is 12.9. The van der Waals surface area contributed by atoms with E-state index < -0.39 is 38.5 Å². The second-order valence-corrected chi connectivity index (χ2v) is 16.0. The monoisotopic (exact) mass is 503 g/mol. The minimum atomic E-state index is -1.40. The van der Waals surface area contributed by atoms with Crippen LogP contribution in [0.5, 0.6) is 5.75 Å². The van der Waals surface area contributed by atoms with Gasteiger partial charge < -0.3 is 36.4 Å². The number of aromatic hydroxyl groups is 1. The van der Waals surface area contributed by atoms with Gasteiger partial charge in [0.25, 0.3) is 0 Å². The van der Waals surface area contributed by atoms with Crippen LogP contribution in [0.1, 0.15) is 11.1 Å². The van der Waals surface area contributed by atoms with Crippen LogP contribution in [0, 0.1) is 0 Å². The second kappa shape index (κ2) is 13.6. The Bertz CT molecular complexity index is 892. The molecule has 8 nitrogen and oxygen atoms in total. The summed E-state index contributed by atoms with van der Waals surface area (Å²) in [5.74, 6) is 0.149. The van der Waals surface area contributed by atoms with E-state index in [1.807, 2.05) is 30.3 Å². The van der Waals surface area contributed by atoms with Crippen LogP contribution in [0.25, 0.3) is 0 Å². The highest BCUT2D eigenvalue weighted by atomic mass is 28.3. The average molecular weight is 504 g/mol. The molecule has 4 atom stereocenters. The Morgan fingerprint density at radius 2 is 1.37 bits per heavy atom. The van der Waals surface area contributed by atoms with E-state index in [4.69, 9.17) is 16.2 Å². The number of carbonyl (C=O) groups excluding carboxylic acids is 1. The Kier molecular flexibility index (Phi) is 11.2. The third-order valence-corrected chi connectivity index (χ3v) is 7.57. The van der Waals surface area contributed by atoms with Gasteiger partial charge in [-0.05, 0) is 42.1 Å². The van der Waals surface area contributed by atoms with Crippen molar-refractivity contribution in [3.63, 3.8) is 0 Å². The number of nitrogens with two attached hydrogens (primary N) is 2. The molecule has 0 spiro atoms. The van der Waals surface area contributed by atoms with Crippen molar-refractivity contribution in [2.45, 2.75) is 62.8 Å². The van der Waals surface area contributed by atoms with Gasteiger partial charge in [0, 0.05) is 20.2 Å². The number of hydrogen-bond donors (Lipinski definition) is 5. The van der Waals surface area contributed by atoms with Gasteiger partial charge in [0.15, 0.2) is 0 Å². The summed E-state index contributed by atoms with van der Waals surface area (Å²) >= 11 is 0. The molecule has 194 valence electrons. The van der Waals surface area contributed by atoms with E-state index in [-0.39, 0.29) is 25.4 Å². The van der Waals surface area contributed by atoms with Crippen LogP contribution in [-0.4, -0.2) is 78.4 Å². The van der Waals surface area contributed by atoms with Gasteiger partial charge in [0.2, 0.25) is 0 Å². The van der Waals surface area contributed by atoms with E-state index in [1.54, 1.807) is 24.3 Å². The number of phenols is 1. The summed E-state index contributed by atoms with van der Waals surface area (Å²) in [5.41, 5.74) is 14.3. The molecule has 2 aromatic rings. The standard InChI is InChI=1S/C26H41N3O5Si/c1-35(2,3)14-13-34-26(33)29(17-24(31)22(27)15-19-7-5-4-6-8-19)18-25(32)23(28)16-20-9-11-21(30)12-10-20/h4-12,22-25,30-32H,13-18,27-28H2,1-3H3/t22-,23-,24+,25+/m0/s1. The lowest BCUT2D eigenvalue weighted by molar-refractivity contribution is 0.0368. The molecule has 0 saturated heterocycles. The van der Waals surface area contributed by atoms with Gasteiger partial charge in [-0.15, -0.1) is 0 Å². The van der Waals surface area contributed by atoms with E-state index in [0.29, 0.717) is 12.8 Å². The molecule has 9 heteroatoms. The summed E-state index contributed by atoms with van der Waals surface area (Å²) < 4.78 is 5.48. The lowest BCUT2D eigenvalue weighted by atomic mass is 10.0. The molecule has 0 radical (unpaired) electrons. The van der Waals surface area contributed by atoms with E-state index in [1.165, 1.54) is 4.90 Å². The smallest absolute Gasteiger partial charge is 0.409 e. The van der Waals surface area contributed by atoms with Crippen molar-refractivity contribution in [2.75, 3.05) is 19.7 Å². The molecule has 0 heterocycles. The molecular weight excluding hydrogens is 462 g/mol. The number of rotatable bonds is 13. The van der Waals surface area contributed by atoms with Gasteiger partial charge >= 0.3 is 6.09 Å². The molecule has 0 unspecified atom stereocenters. The normalized spacial score (nSPS) is 15.2. The third-order valence-electron chi connectivity index (χ3n) is 5.86. The molecule has 0 bridgehead atoms. The highest BCUT2D eigenvalue weighted by Crippen LogP contribution is 2.14. The number of hydrogen-bond acceptors (Lipinski definition) is 7. The highest BCUT2D eigenvalue weighted by Gasteiger charge is 2.28. The summed E-state index contributed by atoms with van der Waals surface area (Å²) in [6.07, 6.45) is -1.87. The van der Waals surface area contributed by atoms with E-state index in [0.717, 1.165) is 17.2 Å². The Morgan fingerprint density at radius 3 is 1.86 bits per heavy atom. The van der Waals surface area contributed by atoms with E-state index in [9.17, 15) is 20.1 Å². The number of aliphatic hydroxyl groups is 2. The molecule has 1 amide bonds. The summed E-state index contributed by atoms with van der Waals surface area (Å²) in [7, 11) is -1.40. The fraction of sp³-hybridized carbons (Fsp3) is 0.500. The molecule has 0 saturated carbocycles. The van der Waals surface area contributed by atoms with Crippen molar-refractivity contribution >= 4 is 14.2 Å². The Labute approximate surface area is 209 Å². The predicted molar refractivity (Wildman–Crippen MR) is 141 cm³/mol. The maximum absolute atomic E-state index is 12.9. The zero-order valence-corrected chi connectivity index (χ0v) is 22.0. The molecule has 2 aromatic carbocycles. The van der Waals surface area contributed by atoms with Crippen LogP contribution in [0.15, 0.2) is 54.6 Å². The van der Waals surface area contributed by atoms with Crippen LogP contribution < -0.4 is 11.5 Å². The molecule has 0 aliphatic heterocycles. The Balaban J connectivity index is 2.03. The fourth-order valence-corrected chi connectivity index (χ4v) is 4.26. The van der Waals surface area contributed by atoms with E-state index in [2.05, 4.69) is 19.6 Å². The van der Waals surface area contributed by atoms with Crippen LogP contribution in [0.4, 0.5) is 4.79 Å². The quantitative estimate of drug-likeness (QED) is 0.264. The van der Waals surface area contributed by atoms with E-state index >= 15 is 0 Å². The molecule has 0 fully saturated rings. The lowest BCUT2D eigenvalue weighted by Gasteiger charge is -2.31. The maximum Gasteiger partial charge on any atom is 0.409 e. The zero-order chi connectivity index (χ0) is 26.0. The molecule has 7 N–H and O–H groups in total. The lowest BCUT2D eigenvalue weighted by Crippen LogP contribution is -2.51. The molecular formula is C26H41N3O5Si. The largest absolute Gasteiger partial charge is 0.508 e.